The van der Waals surface area contributed by atoms with Crippen LogP contribution in [0.2, 0.25) is 0 Å². The number of anilines is 1. The zero-order valence-corrected chi connectivity index (χ0v) is 10.3. The molecule has 2 aliphatic rings. The standard InChI is InChI=1S/C14H10F2N2O2/c15-11-5-9-8(14(19)20)3-4-18(7-1-2-7)13(9)10(6-17)12(11)16/h3-5,7-8H,1-2H2,(H,19,20). The van der Waals surface area contributed by atoms with Crippen molar-refractivity contribution < 1.29 is 18.7 Å². The van der Waals surface area contributed by atoms with E-state index in [1.807, 2.05) is 0 Å². The van der Waals surface area contributed by atoms with Gasteiger partial charge in [0.2, 0.25) is 0 Å². The molecular formula is C14H10F2N2O2. The van der Waals surface area contributed by atoms with Gasteiger partial charge in [-0.1, -0.05) is 0 Å². The van der Waals surface area contributed by atoms with E-state index in [9.17, 15) is 18.7 Å². The molecule has 1 fully saturated rings. The summed E-state index contributed by atoms with van der Waals surface area (Å²) in [6, 6.07) is 2.65. The average molecular weight is 276 g/mol. The van der Waals surface area contributed by atoms with Crippen molar-refractivity contribution in [3.05, 3.63) is 41.1 Å². The second-order valence-corrected chi connectivity index (χ2v) is 4.89. The second-order valence-electron chi connectivity index (χ2n) is 4.89. The van der Waals surface area contributed by atoms with E-state index in [-0.39, 0.29) is 17.3 Å². The Hall–Kier alpha value is -2.42. The van der Waals surface area contributed by atoms with Crippen LogP contribution in [0.4, 0.5) is 14.5 Å². The number of nitrogens with zero attached hydrogens (tertiary/aromatic N) is 2. The van der Waals surface area contributed by atoms with Crippen LogP contribution >= 0.6 is 0 Å². The van der Waals surface area contributed by atoms with Crippen LogP contribution in [0.5, 0.6) is 0 Å². The highest BCUT2D eigenvalue weighted by Gasteiger charge is 2.37. The summed E-state index contributed by atoms with van der Waals surface area (Å²) in [5.41, 5.74) is -0.117. The summed E-state index contributed by atoms with van der Waals surface area (Å²) >= 11 is 0. The second kappa shape index (κ2) is 4.30. The minimum Gasteiger partial charge on any atom is -0.481 e. The Balaban J connectivity index is 2.27. The maximum atomic E-state index is 13.8. The molecule has 20 heavy (non-hydrogen) atoms. The molecular weight excluding hydrogens is 266 g/mol. The molecule has 4 nitrogen and oxygen atoms in total. The molecule has 1 heterocycles. The third-order valence-corrected chi connectivity index (χ3v) is 3.57. The van der Waals surface area contributed by atoms with Crippen LogP contribution in [-0.4, -0.2) is 17.1 Å². The molecule has 0 spiro atoms. The molecule has 6 heteroatoms. The number of hydrogen-bond donors (Lipinski definition) is 1. The smallest absolute Gasteiger partial charge is 0.315 e. The lowest BCUT2D eigenvalue weighted by Crippen LogP contribution is -2.28. The number of halogens is 2. The van der Waals surface area contributed by atoms with Gasteiger partial charge in [-0.05, 0) is 30.5 Å². The van der Waals surface area contributed by atoms with Gasteiger partial charge in [0.15, 0.2) is 11.6 Å². The fourth-order valence-electron chi connectivity index (χ4n) is 2.48. The third kappa shape index (κ3) is 1.74. The first-order valence-corrected chi connectivity index (χ1v) is 6.16. The van der Waals surface area contributed by atoms with Crippen LogP contribution < -0.4 is 4.90 Å². The number of nitriles is 1. The van der Waals surface area contributed by atoms with E-state index >= 15 is 0 Å². The Morgan fingerprint density at radius 2 is 2.15 bits per heavy atom. The zero-order chi connectivity index (χ0) is 14.4. The molecule has 0 saturated heterocycles. The van der Waals surface area contributed by atoms with Gasteiger partial charge < -0.3 is 10.0 Å². The van der Waals surface area contributed by atoms with Gasteiger partial charge in [-0.15, -0.1) is 0 Å². The van der Waals surface area contributed by atoms with Crippen molar-refractivity contribution in [1.29, 1.82) is 5.26 Å². The summed E-state index contributed by atoms with van der Waals surface area (Å²) in [6.07, 6.45) is 4.75. The summed E-state index contributed by atoms with van der Waals surface area (Å²) in [4.78, 5) is 12.9. The normalized spacial score (nSPS) is 20.4. The molecule has 0 radical (unpaired) electrons. The quantitative estimate of drug-likeness (QED) is 0.901. The molecule has 1 unspecified atom stereocenters. The number of fused-ring (bicyclic) bond motifs is 1. The van der Waals surface area contributed by atoms with E-state index in [1.165, 1.54) is 6.08 Å². The van der Waals surface area contributed by atoms with Gasteiger partial charge in [0.1, 0.15) is 17.6 Å². The van der Waals surface area contributed by atoms with E-state index in [1.54, 1.807) is 17.2 Å². The SMILES string of the molecule is N#Cc1c(F)c(F)cc2c1N(C1CC1)C=CC2C(=O)O. The first-order valence-electron chi connectivity index (χ1n) is 6.16. The lowest BCUT2D eigenvalue weighted by molar-refractivity contribution is -0.137. The largest absolute Gasteiger partial charge is 0.481 e. The Labute approximate surface area is 113 Å². The third-order valence-electron chi connectivity index (χ3n) is 3.57. The summed E-state index contributed by atoms with van der Waals surface area (Å²) in [5.74, 6) is -4.65. The number of carbonyl (C=O) groups is 1. The van der Waals surface area contributed by atoms with Crippen LogP contribution in [0.1, 0.15) is 29.9 Å². The number of hydrogen-bond acceptors (Lipinski definition) is 3. The van der Waals surface area contributed by atoms with Gasteiger partial charge in [-0.25, -0.2) is 8.78 Å². The van der Waals surface area contributed by atoms with Crippen molar-refractivity contribution in [2.75, 3.05) is 4.90 Å². The van der Waals surface area contributed by atoms with E-state index in [0.717, 1.165) is 18.9 Å². The first-order chi connectivity index (χ1) is 9.54. The van der Waals surface area contributed by atoms with Crippen molar-refractivity contribution >= 4 is 11.7 Å². The van der Waals surface area contributed by atoms with E-state index in [4.69, 9.17) is 5.26 Å². The van der Waals surface area contributed by atoms with Crippen molar-refractivity contribution in [2.24, 2.45) is 0 Å². The van der Waals surface area contributed by atoms with Gasteiger partial charge in [-0.2, -0.15) is 5.26 Å². The molecule has 0 bridgehead atoms. The maximum absolute atomic E-state index is 13.8. The number of carboxylic acid groups (broad SMARTS) is 1. The molecule has 1 aliphatic heterocycles. The summed E-state index contributed by atoms with van der Waals surface area (Å²) in [5, 5.41) is 18.3. The fourth-order valence-corrected chi connectivity index (χ4v) is 2.48. The van der Waals surface area contributed by atoms with E-state index in [0.29, 0.717) is 0 Å². The molecule has 1 aliphatic carbocycles. The van der Waals surface area contributed by atoms with Crippen LogP contribution in [0.15, 0.2) is 18.3 Å². The van der Waals surface area contributed by atoms with Crippen LogP contribution in [-0.2, 0) is 4.79 Å². The monoisotopic (exact) mass is 276 g/mol. The molecule has 3 rings (SSSR count). The highest BCUT2D eigenvalue weighted by molar-refractivity contribution is 5.85. The lowest BCUT2D eigenvalue weighted by atomic mass is 9.91. The number of carboxylic acids is 1. The van der Waals surface area contributed by atoms with Crippen molar-refractivity contribution in [3.8, 4) is 6.07 Å². The maximum Gasteiger partial charge on any atom is 0.315 e. The molecule has 1 N–H and O–H groups in total. The molecule has 1 aromatic carbocycles. The molecule has 1 saturated carbocycles. The predicted octanol–water partition coefficient (Wildman–Crippen LogP) is 2.50. The fraction of sp³-hybridized carbons (Fsp3) is 0.286. The van der Waals surface area contributed by atoms with E-state index in [2.05, 4.69) is 0 Å². The van der Waals surface area contributed by atoms with Gasteiger partial charge in [0, 0.05) is 12.2 Å². The minimum atomic E-state index is -1.23. The predicted molar refractivity (Wildman–Crippen MR) is 66.1 cm³/mol. The molecule has 102 valence electrons. The first kappa shape index (κ1) is 12.6. The van der Waals surface area contributed by atoms with Crippen molar-refractivity contribution in [1.82, 2.24) is 0 Å². The highest BCUT2D eigenvalue weighted by Crippen LogP contribution is 2.43. The van der Waals surface area contributed by atoms with Crippen LogP contribution in [0, 0.1) is 23.0 Å². The number of benzene rings is 1. The Morgan fingerprint density at radius 3 is 2.70 bits per heavy atom. The van der Waals surface area contributed by atoms with Gasteiger partial charge >= 0.3 is 5.97 Å². The average Bonchev–Trinajstić information content (AvgIpc) is 3.23. The molecule has 1 atom stereocenters. The van der Waals surface area contributed by atoms with Gasteiger partial charge in [0.05, 0.1) is 5.69 Å². The van der Waals surface area contributed by atoms with E-state index < -0.39 is 29.1 Å². The van der Waals surface area contributed by atoms with Crippen LogP contribution in [0.25, 0.3) is 0 Å². The van der Waals surface area contributed by atoms with Gasteiger partial charge in [0.25, 0.3) is 0 Å². The molecule has 1 aromatic rings. The summed E-state index contributed by atoms with van der Waals surface area (Å²) < 4.78 is 27.4. The lowest BCUT2D eigenvalue weighted by Gasteiger charge is -2.30. The number of rotatable bonds is 2. The summed E-state index contributed by atoms with van der Waals surface area (Å²) in [6.45, 7) is 0. The van der Waals surface area contributed by atoms with Gasteiger partial charge in [-0.3, -0.25) is 4.79 Å². The topological polar surface area (TPSA) is 64.3 Å². The highest BCUT2D eigenvalue weighted by atomic mass is 19.2. The number of aliphatic carboxylic acids is 1. The van der Waals surface area contributed by atoms with Crippen LogP contribution in [0.3, 0.4) is 0 Å². The molecule has 0 amide bonds. The Kier molecular flexibility index (Phi) is 2.71. The Morgan fingerprint density at radius 1 is 1.45 bits per heavy atom. The molecule has 0 aromatic heterocycles. The Bertz CT molecular complexity index is 675. The van der Waals surface area contributed by atoms with Crippen molar-refractivity contribution in [3.63, 3.8) is 0 Å². The van der Waals surface area contributed by atoms with Crippen molar-refractivity contribution in [2.45, 2.75) is 24.8 Å². The summed E-state index contributed by atoms with van der Waals surface area (Å²) in [7, 11) is 0. The zero-order valence-electron chi connectivity index (χ0n) is 10.3. The minimum absolute atomic E-state index is 0.122.